The van der Waals surface area contributed by atoms with Crippen LogP contribution in [0.1, 0.15) is 11.4 Å². The van der Waals surface area contributed by atoms with Crippen LogP contribution in [0.4, 0.5) is 4.39 Å². The van der Waals surface area contributed by atoms with Crippen LogP contribution in [0.2, 0.25) is 0 Å². The molecule has 0 aliphatic carbocycles. The Balaban J connectivity index is 2.40. The zero-order valence-corrected chi connectivity index (χ0v) is 12.1. The van der Waals surface area contributed by atoms with E-state index in [2.05, 4.69) is 4.98 Å². The zero-order valence-electron chi connectivity index (χ0n) is 11.3. The largest absolute Gasteiger partial charge is 0.268 e. The number of hydrogen-bond acceptors (Lipinski definition) is 2. The van der Waals surface area contributed by atoms with E-state index in [0.717, 1.165) is 5.56 Å². The SMILES string of the molecule is Cc1cc(F)cc(-n2c(CCl)nc3ccccc3c2=O)c1. The first kappa shape index (κ1) is 13.8. The molecular weight excluding hydrogens is 291 g/mol. The van der Waals surface area contributed by atoms with Crippen molar-refractivity contribution in [3.8, 4) is 5.69 Å². The second-order valence-corrected chi connectivity index (χ2v) is 5.07. The van der Waals surface area contributed by atoms with Gasteiger partial charge in [-0.1, -0.05) is 12.1 Å². The van der Waals surface area contributed by atoms with Gasteiger partial charge in [0.05, 0.1) is 22.5 Å². The molecule has 5 heteroatoms. The molecular formula is C16H12ClFN2O. The summed E-state index contributed by atoms with van der Waals surface area (Å²) in [5.74, 6) is 0.0614. The van der Waals surface area contributed by atoms with E-state index in [9.17, 15) is 9.18 Å². The summed E-state index contributed by atoms with van der Waals surface area (Å²) in [6.45, 7) is 1.77. The number of para-hydroxylation sites is 1. The smallest absolute Gasteiger partial charge is 0.266 e. The maximum Gasteiger partial charge on any atom is 0.266 e. The zero-order chi connectivity index (χ0) is 15.0. The quantitative estimate of drug-likeness (QED) is 0.678. The van der Waals surface area contributed by atoms with Crippen molar-refractivity contribution in [1.82, 2.24) is 9.55 Å². The van der Waals surface area contributed by atoms with Crippen LogP contribution in [0.15, 0.2) is 47.3 Å². The molecule has 0 aliphatic heterocycles. The van der Waals surface area contributed by atoms with Crippen molar-refractivity contribution in [1.29, 1.82) is 0 Å². The number of nitrogens with zero attached hydrogens (tertiary/aromatic N) is 2. The van der Waals surface area contributed by atoms with Gasteiger partial charge in [0.25, 0.3) is 5.56 Å². The summed E-state index contributed by atoms with van der Waals surface area (Å²) in [5.41, 5.74) is 1.50. The Morgan fingerprint density at radius 2 is 2.00 bits per heavy atom. The first-order valence-electron chi connectivity index (χ1n) is 6.44. The number of benzene rings is 2. The molecule has 21 heavy (non-hydrogen) atoms. The van der Waals surface area contributed by atoms with Crippen molar-refractivity contribution < 1.29 is 4.39 Å². The lowest BCUT2D eigenvalue weighted by Crippen LogP contribution is -2.23. The average Bonchev–Trinajstić information content (AvgIpc) is 2.46. The molecule has 0 aliphatic rings. The number of aromatic nitrogens is 2. The fourth-order valence-electron chi connectivity index (χ4n) is 2.38. The predicted octanol–water partition coefficient (Wildman–Crippen LogP) is 3.57. The second kappa shape index (κ2) is 5.30. The van der Waals surface area contributed by atoms with Gasteiger partial charge in [-0.15, -0.1) is 11.6 Å². The van der Waals surface area contributed by atoms with Crippen molar-refractivity contribution in [3.05, 3.63) is 70.0 Å². The molecule has 0 amide bonds. The number of alkyl halides is 1. The molecule has 0 saturated heterocycles. The van der Waals surface area contributed by atoms with Crippen LogP contribution in [-0.4, -0.2) is 9.55 Å². The Bertz CT molecular complexity index is 869. The van der Waals surface area contributed by atoms with Crippen LogP contribution in [0.3, 0.4) is 0 Å². The van der Waals surface area contributed by atoms with Crippen LogP contribution in [0.25, 0.3) is 16.6 Å². The number of hydrogen-bond donors (Lipinski definition) is 0. The molecule has 3 aromatic rings. The van der Waals surface area contributed by atoms with Crippen LogP contribution in [-0.2, 0) is 5.88 Å². The summed E-state index contributed by atoms with van der Waals surface area (Å²) in [6.07, 6.45) is 0. The number of rotatable bonds is 2. The van der Waals surface area contributed by atoms with Crippen molar-refractivity contribution in [2.45, 2.75) is 12.8 Å². The molecule has 0 saturated carbocycles. The van der Waals surface area contributed by atoms with E-state index < -0.39 is 5.82 Å². The van der Waals surface area contributed by atoms with E-state index in [0.29, 0.717) is 22.4 Å². The normalized spacial score (nSPS) is 11.0. The van der Waals surface area contributed by atoms with E-state index in [1.807, 2.05) is 6.07 Å². The predicted molar refractivity (Wildman–Crippen MR) is 81.6 cm³/mol. The van der Waals surface area contributed by atoms with Crippen molar-refractivity contribution >= 4 is 22.5 Å². The molecule has 1 aromatic heterocycles. The van der Waals surface area contributed by atoms with Gasteiger partial charge in [0.1, 0.15) is 11.6 Å². The van der Waals surface area contributed by atoms with E-state index in [1.165, 1.54) is 16.7 Å². The lowest BCUT2D eigenvalue weighted by molar-refractivity contribution is 0.624. The monoisotopic (exact) mass is 302 g/mol. The Kier molecular flexibility index (Phi) is 3.47. The van der Waals surface area contributed by atoms with E-state index >= 15 is 0 Å². The third-order valence-corrected chi connectivity index (χ3v) is 3.49. The molecule has 0 N–H and O–H groups in total. The first-order chi connectivity index (χ1) is 10.1. The number of aryl methyl sites for hydroxylation is 1. The second-order valence-electron chi connectivity index (χ2n) is 4.81. The van der Waals surface area contributed by atoms with Crippen LogP contribution in [0, 0.1) is 12.7 Å². The summed E-state index contributed by atoms with van der Waals surface area (Å²) in [5, 5.41) is 0.480. The number of fused-ring (bicyclic) bond motifs is 1. The third kappa shape index (κ3) is 2.43. The molecule has 0 fully saturated rings. The van der Waals surface area contributed by atoms with Gasteiger partial charge in [-0.05, 0) is 42.8 Å². The van der Waals surface area contributed by atoms with Crippen LogP contribution in [0.5, 0.6) is 0 Å². The highest BCUT2D eigenvalue weighted by Crippen LogP contribution is 2.16. The van der Waals surface area contributed by atoms with Gasteiger partial charge >= 0.3 is 0 Å². The molecule has 1 heterocycles. The molecule has 0 atom stereocenters. The molecule has 3 rings (SSSR count). The average molecular weight is 303 g/mol. The van der Waals surface area contributed by atoms with E-state index in [4.69, 9.17) is 11.6 Å². The van der Waals surface area contributed by atoms with Gasteiger partial charge in [0.2, 0.25) is 0 Å². The molecule has 0 spiro atoms. The highest BCUT2D eigenvalue weighted by molar-refractivity contribution is 6.16. The third-order valence-electron chi connectivity index (χ3n) is 3.25. The Hall–Kier alpha value is -2.20. The minimum absolute atomic E-state index is 0.0651. The fourth-order valence-corrected chi connectivity index (χ4v) is 2.56. The Morgan fingerprint density at radius 1 is 1.24 bits per heavy atom. The van der Waals surface area contributed by atoms with Crippen LogP contribution >= 0.6 is 11.6 Å². The van der Waals surface area contributed by atoms with Gasteiger partial charge in [-0.3, -0.25) is 9.36 Å². The van der Waals surface area contributed by atoms with Crippen molar-refractivity contribution in [2.24, 2.45) is 0 Å². The highest BCUT2D eigenvalue weighted by Gasteiger charge is 2.12. The standard InChI is InChI=1S/C16H12ClFN2O/c1-10-6-11(18)8-12(7-10)20-15(9-17)19-14-5-3-2-4-13(14)16(20)21/h2-8H,9H2,1H3. The summed E-state index contributed by atoms with van der Waals surface area (Å²) in [6, 6.07) is 11.5. The lowest BCUT2D eigenvalue weighted by atomic mass is 10.2. The summed E-state index contributed by atoms with van der Waals surface area (Å²) < 4.78 is 15.0. The van der Waals surface area contributed by atoms with Crippen molar-refractivity contribution in [2.75, 3.05) is 0 Å². The molecule has 0 bridgehead atoms. The maximum absolute atomic E-state index is 13.6. The van der Waals surface area contributed by atoms with E-state index in [-0.39, 0.29) is 11.4 Å². The van der Waals surface area contributed by atoms with Gasteiger partial charge in [0, 0.05) is 0 Å². The minimum Gasteiger partial charge on any atom is -0.268 e. The topological polar surface area (TPSA) is 34.9 Å². The van der Waals surface area contributed by atoms with Crippen LogP contribution < -0.4 is 5.56 Å². The minimum atomic E-state index is -0.398. The van der Waals surface area contributed by atoms with E-state index in [1.54, 1.807) is 31.2 Å². The van der Waals surface area contributed by atoms with Crippen molar-refractivity contribution in [3.63, 3.8) is 0 Å². The first-order valence-corrected chi connectivity index (χ1v) is 6.98. The van der Waals surface area contributed by atoms with Gasteiger partial charge < -0.3 is 0 Å². The lowest BCUT2D eigenvalue weighted by Gasteiger charge is -2.12. The maximum atomic E-state index is 13.6. The Labute approximate surface area is 125 Å². The molecule has 0 unspecified atom stereocenters. The Morgan fingerprint density at radius 3 is 2.71 bits per heavy atom. The number of halogens is 2. The summed E-state index contributed by atoms with van der Waals surface area (Å²) >= 11 is 5.92. The molecule has 2 aromatic carbocycles. The summed E-state index contributed by atoms with van der Waals surface area (Å²) in [4.78, 5) is 17.1. The van der Waals surface area contributed by atoms with Gasteiger partial charge in [-0.25, -0.2) is 9.37 Å². The fraction of sp³-hybridized carbons (Fsp3) is 0.125. The molecule has 106 valence electrons. The summed E-state index contributed by atoms with van der Waals surface area (Å²) in [7, 11) is 0. The molecule has 3 nitrogen and oxygen atoms in total. The van der Waals surface area contributed by atoms with Gasteiger partial charge in [0.15, 0.2) is 0 Å². The highest BCUT2D eigenvalue weighted by atomic mass is 35.5. The van der Waals surface area contributed by atoms with Gasteiger partial charge in [-0.2, -0.15) is 0 Å². The molecule has 0 radical (unpaired) electrons.